The molecule has 0 fully saturated rings. The van der Waals surface area contributed by atoms with Crippen molar-refractivity contribution in [3.05, 3.63) is 35.9 Å². The van der Waals surface area contributed by atoms with Gasteiger partial charge in [0.2, 0.25) is 6.71 Å². The highest BCUT2D eigenvalue weighted by Crippen LogP contribution is 2.16. The maximum absolute atomic E-state index is 3.81. The number of rotatable bonds is 1. The molecular weight excluding hydrogens is 133 g/mol. The van der Waals surface area contributed by atoms with E-state index in [4.69, 9.17) is 0 Å². The lowest BCUT2D eigenvalue weighted by Gasteiger charge is -2.22. The molecule has 0 radical (unpaired) electrons. The van der Waals surface area contributed by atoms with Gasteiger partial charge in [0.25, 0.3) is 0 Å². The van der Waals surface area contributed by atoms with E-state index < -0.39 is 0 Å². The lowest BCUT2D eigenvalue weighted by molar-refractivity contribution is 0.615. The van der Waals surface area contributed by atoms with Crippen molar-refractivity contribution in [2.45, 2.75) is 13.8 Å². The summed E-state index contributed by atoms with van der Waals surface area (Å²) in [4.78, 5) is 2.09. The van der Waals surface area contributed by atoms with Crippen LogP contribution in [0.25, 0.3) is 0 Å². The highest BCUT2D eigenvalue weighted by atomic mass is 15.0. The van der Waals surface area contributed by atoms with Gasteiger partial charge in [-0.3, -0.25) is 0 Å². The molecule has 0 bridgehead atoms. The fourth-order valence-corrected chi connectivity index (χ4v) is 1.57. The van der Waals surface area contributed by atoms with Crippen LogP contribution in [0.4, 0.5) is 0 Å². The molecular formula is C9H14BN. The van der Waals surface area contributed by atoms with Crippen molar-refractivity contribution < 1.29 is 0 Å². The molecule has 1 heterocycles. The Kier molecular flexibility index (Phi) is 2.23. The van der Waals surface area contributed by atoms with Crippen molar-refractivity contribution in [3.63, 3.8) is 0 Å². The Bertz CT molecular complexity index is 208. The average Bonchev–Trinajstić information content (AvgIpc) is 1.85. The summed E-state index contributed by atoms with van der Waals surface area (Å²) in [5.74, 6) is 1.99. The van der Waals surface area contributed by atoms with Crippen LogP contribution in [0.15, 0.2) is 35.9 Å². The van der Waals surface area contributed by atoms with Crippen molar-refractivity contribution in [3.8, 4) is 0 Å². The van der Waals surface area contributed by atoms with E-state index in [9.17, 15) is 0 Å². The lowest BCUT2D eigenvalue weighted by atomic mass is 9.40. The Hall–Kier alpha value is -0.915. The number of nitrogens with zero attached hydrogens (tertiary/aromatic N) is 1. The zero-order chi connectivity index (χ0) is 8.43. The third-order valence-corrected chi connectivity index (χ3v) is 2.03. The van der Waals surface area contributed by atoms with Gasteiger partial charge in [-0.05, 0) is 26.2 Å². The third kappa shape index (κ3) is 1.56. The van der Waals surface area contributed by atoms with E-state index in [0.29, 0.717) is 6.71 Å². The quantitative estimate of drug-likeness (QED) is 0.513. The van der Waals surface area contributed by atoms with Gasteiger partial charge in [0.15, 0.2) is 0 Å². The maximum Gasteiger partial charge on any atom is 0.227 e. The Morgan fingerprint density at radius 1 is 1.36 bits per heavy atom. The maximum atomic E-state index is 3.81. The standard InChI is InChI=1S/C9H14BN/c1-5-10-8(2)6-11(4)7-9(10)3/h5-7H,1H2,2-4H3. The summed E-state index contributed by atoms with van der Waals surface area (Å²) in [7, 11) is 2.05. The zero-order valence-electron chi connectivity index (χ0n) is 7.46. The van der Waals surface area contributed by atoms with Crippen LogP contribution in [0, 0.1) is 0 Å². The summed E-state index contributed by atoms with van der Waals surface area (Å²) < 4.78 is 0. The molecule has 0 saturated carbocycles. The van der Waals surface area contributed by atoms with Crippen molar-refractivity contribution in [2.24, 2.45) is 0 Å². The first-order valence-corrected chi connectivity index (χ1v) is 3.86. The molecule has 1 nitrogen and oxygen atoms in total. The van der Waals surface area contributed by atoms with Gasteiger partial charge >= 0.3 is 0 Å². The van der Waals surface area contributed by atoms with Gasteiger partial charge in [0, 0.05) is 7.05 Å². The van der Waals surface area contributed by atoms with Crippen LogP contribution in [0.5, 0.6) is 0 Å². The van der Waals surface area contributed by atoms with Gasteiger partial charge in [0.05, 0.1) is 0 Å². The molecule has 0 aromatic carbocycles. The summed E-state index contributed by atoms with van der Waals surface area (Å²) in [6.45, 7) is 8.54. The van der Waals surface area contributed by atoms with Gasteiger partial charge in [-0.15, -0.1) is 12.6 Å². The molecule has 2 heteroatoms. The van der Waals surface area contributed by atoms with Gasteiger partial charge in [-0.25, -0.2) is 0 Å². The first-order valence-electron chi connectivity index (χ1n) is 3.86. The van der Waals surface area contributed by atoms with Crippen LogP contribution >= 0.6 is 0 Å². The molecule has 1 rings (SSSR count). The monoisotopic (exact) mass is 147 g/mol. The predicted molar refractivity (Wildman–Crippen MR) is 51.2 cm³/mol. The molecule has 0 N–H and O–H groups in total. The zero-order valence-corrected chi connectivity index (χ0v) is 7.46. The summed E-state index contributed by atoms with van der Waals surface area (Å²) in [6.07, 6.45) is 4.28. The second kappa shape index (κ2) is 2.99. The molecule has 0 saturated heterocycles. The van der Waals surface area contributed by atoms with Gasteiger partial charge in [-0.1, -0.05) is 10.9 Å². The molecule has 1 aliphatic heterocycles. The van der Waals surface area contributed by atoms with Crippen LogP contribution in [-0.4, -0.2) is 18.7 Å². The van der Waals surface area contributed by atoms with Crippen LogP contribution in [0.1, 0.15) is 13.8 Å². The fraction of sp³-hybridized carbons (Fsp3) is 0.333. The van der Waals surface area contributed by atoms with Gasteiger partial charge in [-0.2, -0.15) is 0 Å². The lowest BCUT2D eigenvalue weighted by Crippen LogP contribution is -2.23. The first-order chi connectivity index (χ1) is 5.15. The van der Waals surface area contributed by atoms with E-state index in [0.717, 1.165) is 0 Å². The van der Waals surface area contributed by atoms with E-state index in [2.05, 4.69) is 37.7 Å². The van der Waals surface area contributed by atoms with E-state index >= 15 is 0 Å². The molecule has 0 spiro atoms. The molecule has 58 valence electrons. The van der Waals surface area contributed by atoms with E-state index in [1.807, 2.05) is 13.0 Å². The molecule has 0 aliphatic carbocycles. The number of allylic oxidation sites excluding steroid dienone is 2. The molecule has 11 heavy (non-hydrogen) atoms. The third-order valence-electron chi connectivity index (χ3n) is 2.03. The minimum absolute atomic E-state index is 0.450. The normalized spacial score (nSPS) is 17.7. The minimum Gasteiger partial charge on any atom is -0.359 e. The van der Waals surface area contributed by atoms with Crippen molar-refractivity contribution in [1.82, 2.24) is 4.90 Å². The Balaban J connectivity index is 2.90. The largest absolute Gasteiger partial charge is 0.359 e. The van der Waals surface area contributed by atoms with Crippen molar-refractivity contribution in [1.29, 1.82) is 0 Å². The fourth-order valence-electron chi connectivity index (χ4n) is 1.57. The molecule has 0 aromatic rings. The van der Waals surface area contributed by atoms with Gasteiger partial charge in [0.1, 0.15) is 0 Å². The minimum atomic E-state index is 0.450. The van der Waals surface area contributed by atoms with Crippen LogP contribution in [0.3, 0.4) is 0 Å². The highest BCUT2D eigenvalue weighted by molar-refractivity contribution is 6.78. The summed E-state index contributed by atoms with van der Waals surface area (Å²) in [5, 5.41) is 0. The highest BCUT2D eigenvalue weighted by Gasteiger charge is 2.17. The smallest absolute Gasteiger partial charge is 0.227 e. The molecule has 0 atom stereocenters. The molecule has 0 amide bonds. The SMILES string of the molecule is C=CB1C(C)=CN(C)C=C1C. The van der Waals surface area contributed by atoms with E-state index in [1.165, 1.54) is 10.9 Å². The molecule has 1 aliphatic rings. The summed E-state index contributed by atoms with van der Waals surface area (Å²) in [5.41, 5.74) is 2.73. The Labute approximate surface area is 69.2 Å². The molecule has 0 aromatic heterocycles. The van der Waals surface area contributed by atoms with Crippen molar-refractivity contribution >= 4 is 6.71 Å². The molecule has 0 unspecified atom stereocenters. The summed E-state index contributed by atoms with van der Waals surface area (Å²) in [6, 6.07) is 0. The summed E-state index contributed by atoms with van der Waals surface area (Å²) >= 11 is 0. The van der Waals surface area contributed by atoms with Crippen LogP contribution in [0.2, 0.25) is 0 Å². The topological polar surface area (TPSA) is 3.24 Å². The van der Waals surface area contributed by atoms with E-state index in [1.54, 1.807) is 0 Å². The van der Waals surface area contributed by atoms with E-state index in [-0.39, 0.29) is 0 Å². The van der Waals surface area contributed by atoms with Gasteiger partial charge < -0.3 is 4.90 Å². The second-order valence-corrected chi connectivity index (χ2v) is 3.13. The van der Waals surface area contributed by atoms with Crippen LogP contribution in [-0.2, 0) is 0 Å². The first kappa shape index (κ1) is 8.18. The Morgan fingerprint density at radius 3 is 2.18 bits per heavy atom. The van der Waals surface area contributed by atoms with Crippen molar-refractivity contribution in [2.75, 3.05) is 7.05 Å². The number of hydrogen-bond donors (Lipinski definition) is 0. The number of hydrogen-bond acceptors (Lipinski definition) is 1. The predicted octanol–water partition coefficient (Wildman–Crippen LogP) is 2.04. The Morgan fingerprint density at radius 2 is 1.82 bits per heavy atom. The second-order valence-electron chi connectivity index (χ2n) is 3.13. The average molecular weight is 147 g/mol. The van der Waals surface area contributed by atoms with Crippen LogP contribution < -0.4 is 0 Å².